The van der Waals surface area contributed by atoms with Crippen molar-refractivity contribution in [2.45, 2.75) is 0 Å². The number of nitriles is 1. The Morgan fingerprint density at radius 2 is 2.07 bits per heavy atom. The molecular formula is C9H4IN3O. The predicted molar refractivity (Wildman–Crippen MR) is 57.2 cm³/mol. The topological polar surface area (TPSA) is 62.7 Å². The molecule has 1 aromatic carbocycles. The Morgan fingerprint density at radius 3 is 2.71 bits per heavy atom. The maximum Gasteiger partial charge on any atom is 0.321 e. The lowest BCUT2D eigenvalue weighted by molar-refractivity contribution is 0.552. The molecule has 2 rings (SSSR count). The molecule has 0 bridgehead atoms. The van der Waals surface area contributed by atoms with E-state index in [9.17, 15) is 0 Å². The lowest BCUT2D eigenvalue weighted by Crippen LogP contribution is -1.81. The van der Waals surface area contributed by atoms with Crippen LogP contribution in [0.1, 0.15) is 5.89 Å². The largest absolute Gasteiger partial charge is 0.408 e. The molecule has 1 aromatic heterocycles. The second kappa shape index (κ2) is 3.75. The van der Waals surface area contributed by atoms with Gasteiger partial charge in [-0.05, 0) is 34.7 Å². The summed E-state index contributed by atoms with van der Waals surface area (Å²) in [7, 11) is 0. The third-order valence-corrected chi connectivity index (χ3v) is 2.57. The summed E-state index contributed by atoms with van der Waals surface area (Å²) in [5.74, 6) is 0.367. The molecule has 0 unspecified atom stereocenters. The Labute approximate surface area is 93.7 Å². The van der Waals surface area contributed by atoms with E-state index < -0.39 is 0 Å². The molecule has 68 valence electrons. The minimum absolute atomic E-state index is 0.0142. The van der Waals surface area contributed by atoms with E-state index in [4.69, 9.17) is 9.68 Å². The fraction of sp³-hybridized carbons (Fsp3) is 0. The van der Waals surface area contributed by atoms with E-state index in [0.717, 1.165) is 9.13 Å². The lowest BCUT2D eigenvalue weighted by Gasteiger charge is -1.96. The van der Waals surface area contributed by atoms with Gasteiger partial charge >= 0.3 is 5.89 Å². The summed E-state index contributed by atoms with van der Waals surface area (Å²) in [6, 6.07) is 9.41. The number of nitrogens with zero attached hydrogens (tertiary/aromatic N) is 3. The maximum absolute atomic E-state index is 8.52. The van der Waals surface area contributed by atoms with E-state index >= 15 is 0 Å². The van der Waals surface area contributed by atoms with Crippen LogP contribution in [0.15, 0.2) is 28.7 Å². The third-order valence-electron chi connectivity index (χ3n) is 1.62. The van der Waals surface area contributed by atoms with Crippen LogP contribution in [0.25, 0.3) is 11.5 Å². The maximum atomic E-state index is 8.52. The number of halogens is 1. The Bertz CT molecular complexity index is 501. The van der Waals surface area contributed by atoms with E-state index in [1.54, 1.807) is 6.07 Å². The fourth-order valence-corrected chi connectivity index (χ4v) is 1.63. The zero-order chi connectivity index (χ0) is 9.97. The van der Waals surface area contributed by atoms with Gasteiger partial charge in [0, 0.05) is 3.57 Å². The van der Waals surface area contributed by atoms with Crippen molar-refractivity contribution in [3.8, 4) is 17.5 Å². The first-order chi connectivity index (χ1) is 6.81. The van der Waals surface area contributed by atoms with Crippen molar-refractivity contribution in [3.05, 3.63) is 33.7 Å². The molecule has 0 saturated carbocycles. The van der Waals surface area contributed by atoms with Gasteiger partial charge in [-0.15, -0.1) is 5.10 Å². The van der Waals surface area contributed by atoms with Gasteiger partial charge in [0.25, 0.3) is 0 Å². The lowest BCUT2D eigenvalue weighted by atomic mass is 10.2. The zero-order valence-electron chi connectivity index (χ0n) is 6.94. The predicted octanol–water partition coefficient (Wildman–Crippen LogP) is 2.21. The highest BCUT2D eigenvalue weighted by atomic mass is 127. The molecule has 0 atom stereocenters. The summed E-state index contributed by atoms with van der Waals surface area (Å²) in [4.78, 5) is 0. The summed E-state index contributed by atoms with van der Waals surface area (Å²) in [5, 5.41) is 15.9. The van der Waals surface area contributed by atoms with Crippen LogP contribution >= 0.6 is 22.6 Å². The number of hydrogen-bond donors (Lipinski definition) is 0. The van der Waals surface area contributed by atoms with Crippen molar-refractivity contribution in [1.29, 1.82) is 5.26 Å². The number of hydrogen-bond acceptors (Lipinski definition) is 4. The molecule has 14 heavy (non-hydrogen) atoms. The molecule has 0 aliphatic rings. The summed E-state index contributed by atoms with van der Waals surface area (Å²) in [6.07, 6.45) is 0. The van der Waals surface area contributed by atoms with Crippen LogP contribution in [-0.4, -0.2) is 10.2 Å². The van der Waals surface area contributed by atoms with Gasteiger partial charge < -0.3 is 4.42 Å². The van der Waals surface area contributed by atoms with Gasteiger partial charge in [-0.1, -0.05) is 17.2 Å². The minimum Gasteiger partial charge on any atom is -0.408 e. The molecule has 2 aromatic rings. The van der Waals surface area contributed by atoms with Crippen molar-refractivity contribution < 1.29 is 4.42 Å². The molecule has 0 fully saturated rings. The van der Waals surface area contributed by atoms with Crippen molar-refractivity contribution in [3.63, 3.8) is 0 Å². The molecule has 0 radical (unpaired) electrons. The second-order valence-electron chi connectivity index (χ2n) is 2.50. The summed E-state index contributed by atoms with van der Waals surface area (Å²) in [6.45, 7) is 0. The van der Waals surface area contributed by atoms with Crippen molar-refractivity contribution in [1.82, 2.24) is 10.2 Å². The molecule has 0 aliphatic heterocycles. The average Bonchev–Trinajstić information content (AvgIpc) is 2.67. The van der Waals surface area contributed by atoms with Gasteiger partial charge in [0.15, 0.2) is 6.07 Å². The molecular weight excluding hydrogens is 293 g/mol. The molecule has 0 amide bonds. The van der Waals surface area contributed by atoms with Crippen molar-refractivity contribution in [2.75, 3.05) is 0 Å². The van der Waals surface area contributed by atoms with E-state index in [0.29, 0.717) is 5.89 Å². The second-order valence-corrected chi connectivity index (χ2v) is 3.67. The standard InChI is InChI=1S/C9H4IN3O/c10-7-4-2-1-3-6(7)9-13-12-8(5-11)14-9/h1-4H. The molecule has 0 saturated heterocycles. The minimum atomic E-state index is -0.0142. The smallest absolute Gasteiger partial charge is 0.321 e. The van der Waals surface area contributed by atoms with Gasteiger partial charge in [0.2, 0.25) is 5.89 Å². The van der Waals surface area contributed by atoms with Crippen LogP contribution in [0.2, 0.25) is 0 Å². The first-order valence-corrected chi connectivity index (χ1v) is 4.87. The highest BCUT2D eigenvalue weighted by Crippen LogP contribution is 2.23. The Hall–Kier alpha value is -1.42. The Kier molecular flexibility index (Phi) is 2.45. The zero-order valence-corrected chi connectivity index (χ0v) is 9.09. The summed E-state index contributed by atoms with van der Waals surface area (Å²) in [5.41, 5.74) is 0.849. The molecule has 5 heteroatoms. The SMILES string of the molecule is N#Cc1nnc(-c2ccccc2I)o1. The normalized spacial score (nSPS) is 9.71. The van der Waals surface area contributed by atoms with Crippen molar-refractivity contribution in [2.24, 2.45) is 0 Å². The Morgan fingerprint density at radius 1 is 1.29 bits per heavy atom. The van der Waals surface area contributed by atoms with Crippen LogP contribution in [0.3, 0.4) is 0 Å². The average molecular weight is 297 g/mol. The molecule has 0 N–H and O–H groups in total. The Balaban J connectivity index is 2.51. The van der Waals surface area contributed by atoms with Crippen LogP contribution in [0, 0.1) is 14.9 Å². The highest BCUT2D eigenvalue weighted by molar-refractivity contribution is 14.1. The molecule has 1 heterocycles. The molecule has 0 aliphatic carbocycles. The van der Waals surface area contributed by atoms with Crippen LogP contribution in [0.5, 0.6) is 0 Å². The van der Waals surface area contributed by atoms with Gasteiger partial charge in [0.1, 0.15) is 0 Å². The van der Waals surface area contributed by atoms with Crippen molar-refractivity contribution >= 4 is 22.6 Å². The van der Waals surface area contributed by atoms with Gasteiger partial charge in [-0.25, -0.2) is 0 Å². The van der Waals surface area contributed by atoms with E-state index in [1.165, 1.54) is 0 Å². The van der Waals surface area contributed by atoms with Crippen LogP contribution in [0.4, 0.5) is 0 Å². The number of rotatable bonds is 1. The summed E-state index contributed by atoms with van der Waals surface area (Å²) >= 11 is 2.17. The van der Waals surface area contributed by atoms with Crippen LogP contribution in [-0.2, 0) is 0 Å². The quantitative estimate of drug-likeness (QED) is 0.757. The van der Waals surface area contributed by atoms with Gasteiger partial charge in [0.05, 0.1) is 5.56 Å². The van der Waals surface area contributed by atoms with Gasteiger partial charge in [-0.3, -0.25) is 0 Å². The number of benzene rings is 1. The first kappa shape index (κ1) is 9.15. The molecule has 4 nitrogen and oxygen atoms in total. The highest BCUT2D eigenvalue weighted by Gasteiger charge is 2.09. The van der Waals surface area contributed by atoms with Gasteiger partial charge in [-0.2, -0.15) is 5.26 Å². The monoisotopic (exact) mass is 297 g/mol. The first-order valence-electron chi connectivity index (χ1n) is 3.80. The van der Waals surface area contributed by atoms with Crippen LogP contribution < -0.4 is 0 Å². The summed E-state index contributed by atoms with van der Waals surface area (Å²) < 4.78 is 6.12. The number of aromatic nitrogens is 2. The fourth-order valence-electron chi connectivity index (χ4n) is 1.01. The molecule has 0 spiro atoms. The van der Waals surface area contributed by atoms with E-state index in [1.807, 2.05) is 24.3 Å². The third kappa shape index (κ3) is 1.61. The van der Waals surface area contributed by atoms with E-state index in [-0.39, 0.29) is 5.89 Å². The van der Waals surface area contributed by atoms with E-state index in [2.05, 4.69) is 32.8 Å².